The molecule has 2 aliphatic rings. The van der Waals surface area contributed by atoms with Crippen LogP contribution in [0.1, 0.15) is 64.5 Å². The molecule has 1 aliphatic carbocycles. The van der Waals surface area contributed by atoms with Crippen molar-refractivity contribution in [3.05, 3.63) is 23.8 Å². The van der Waals surface area contributed by atoms with Gasteiger partial charge >= 0.3 is 0 Å². The number of methoxy groups -OCH3 is 1. The first-order chi connectivity index (χ1) is 12.5. The Hall–Kier alpha value is -1.75. The number of fused-ring (bicyclic) bond motifs is 1. The lowest BCUT2D eigenvalue weighted by molar-refractivity contribution is -0.123. The summed E-state index contributed by atoms with van der Waals surface area (Å²) < 4.78 is 11.2. The Balaban J connectivity index is 1.62. The average molecular weight is 360 g/mol. The predicted molar refractivity (Wildman–Crippen MR) is 103 cm³/mol. The Morgan fingerprint density at radius 3 is 2.65 bits per heavy atom. The van der Waals surface area contributed by atoms with Crippen molar-refractivity contribution < 1.29 is 14.3 Å². The van der Waals surface area contributed by atoms with E-state index in [4.69, 9.17) is 9.47 Å². The topological polar surface area (TPSA) is 59.6 Å². The Morgan fingerprint density at radius 1 is 1.19 bits per heavy atom. The van der Waals surface area contributed by atoms with Crippen molar-refractivity contribution >= 4 is 5.91 Å². The number of rotatable bonds is 6. The largest absolute Gasteiger partial charge is 0.493 e. The zero-order chi connectivity index (χ0) is 18.7. The lowest BCUT2D eigenvalue weighted by Gasteiger charge is -2.24. The minimum atomic E-state index is -0.0751. The van der Waals surface area contributed by atoms with E-state index >= 15 is 0 Å². The number of carbonyl (C=O) groups is 1. The fraction of sp³-hybridized carbons (Fsp3) is 0.667. The van der Waals surface area contributed by atoms with E-state index in [2.05, 4.69) is 10.6 Å². The Kier molecular flexibility index (Phi) is 6.07. The highest BCUT2D eigenvalue weighted by Gasteiger charge is 2.38. The summed E-state index contributed by atoms with van der Waals surface area (Å²) in [6.45, 7) is 5.99. The van der Waals surface area contributed by atoms with Crippen LogP contribution < -0.4 is 20.1 Å². The lowest BCUT2D eigenvalue weighted by Crippen LogP contribution is -2.43. The third kappa shape index (κ3) is 4.32. The fourth-order valence-electron chi connectivity index (χ4n) is 4.22. The van der Waals surface area contributed by atoms with Crippen LogP contribution in [0.25, 0.3) is 0 Å². The number of amides is 1. The molecular formula is C21H32N2O3. The van der Waals surface area contributed by atoms with Gasteiger partial charge in [0.05, 0.1) is 25.3 Å². The molecule has 1 saturated heterocycles. The second kappa shape index (κ2) is 8.30. The van der Waals surface area contributed by atoms with E-state index in [1.165, 1.54) is 25.7 Å². The molecule has 2 fully saturated rings. The summed E-state index contributed by atoms with van der Waals surface area (Å²) in [7, 11) is 1.64. The summed E-state index contributed by atoms with van der Waals surface area (Å²) in [6.07, 6.45) is 6.10. The molecule has 1 heterocycles. The molecule has 1 aliphatic heterocycles. The van der Waals surface area contributed by atoms with Crippen LogP contribution in [0.3, 0.4) is 0 Å². The van der Waals surface area contributed by atoms with Crippen LogP contribution in [0.2, 0.25) is 0 Å². The number of nitrogens with one attached hydrogen (secondary N) is 2. The molecule has 5 heteroatoms. The molecule has 4 unspecified atom stereocenters. The SMILES string of the molecule is COc1cc(C(C)NC(=O)C2CC3CCCCC3N2)ccc1OC(C)C. The van der Waals surface area contributed by atoms with Crippen molar-refractivity contribution in [2.45, 2.75) is 77.1 Å². The molecular weight excluding hydrogens is 328 g/mol. The first-order valence-electron chi connectivity index (χ1n) is 9.89. The van der Waals surface area contributed by atoms with Gasteiger partial charge in [-0.05, 0) is 63.6 Å². The molecule has 2 N–H and O–H groups in total. The van der Waals surface area contributed by atoms with Crippen LogP contribution in [0.5, 0.6) is 11.5 Å². The Bertz CT molecular complexity index is 618. The van der Waals surface area contributed by atoms with E-state index in [0.29, 0.717) is 17.7 Å². The maximum absolute atomic E-state index is 12.7. The minimum Gasteiger partial charge on any atom is -0.493 e. The predicted octanol–water partition coefficient (Wildman–Crippen LogP) is 3.58. The van der Waals surface area contributed by atoms with E-state index in [9.17, 15) is 4.79 Å². The summed E-state index contributed by atoms with van der Waals surface area (Å²) >= 11 is 0. The molecule has 1 aromatic carbocycles. The number of carbonyl (C=O) groups excluding carboxylic acids is 1. The number of benzene rings is 1. The summed E-state index contributed by atoms with van der Waals surface area (Å²) in [5, 5.41) is 6.71. The number of ether oxygens (including phenoxy) is 2. The summed E-state index contributed by atoms with van der Waals surface area (Å²) in [4.78, 5) is 12.7. The molecule has 1 saturated carbocycles. The molecule has 0 spiro atoms. The van der Waals surface area contributed by atoms with Crippen LogP contribution in [-0.4, -0.2) is 31.2 Å². The summed E-state index contributed by atoms with van der Waals surface area (Å²) in [5.74, 6) is 2.20. The van der Waals surface area contributed by atoms with Gasteiger partial charge in [-0.1, -0.05) is 18.9 Å². The van der Waals surface area contributed by atoms with Gasteiger partial charge in [-0.2, -0.15) is 0 Å². The van der Waals surface area contributed by atoms with Crippen LogP contribution in [-0.2, 0) is 4.79 Å². The monoisotopic (exact) mass is 360 g/mol. The van der Waals surface area contributed by atoms with Gasteiger partial charge in [-0.25, -0.2) is 0 Å². The maximum atomic E-state index is 12.7. The van der Waals surface area contributed by atoms with Crippen LogP contribution in [0.4, 0.5) is 0 Å². The van der Waals surface area contributed by atoms with Gasteiger partial charge in [-0.3, -0.25) is 4.79 Å². The molecule has 1 aromatic rings. The maximum Gasteiger partial charge on any atom is 0.237 e. The number of hydrogen-bond acceptors (Lipinski definition) is 4. The number of hydrogen-bond donors (Lipinski definition) is 2. The third-order valence-corrected chi connectivity index (χ3v) is 5.59. The van der Waals surface area contributed by atoms with Gasteiger partial charge in [0.1, 0.15) is 0 Å². The van der Waals surface area contributed by atoms with Crippen molar-refractivity contribution in [2.75, 3.05) is 7.11 Å². The van der Waals surface area contributed by atoms with Crippen LogP contribution in [0.15, 0.2) is 18.2 Å². The third-order valence-electron chi connectivity index (χ3n) is 5.59. The molecule has 0 bridgehead atoms. The van der Waals surface area contributed by atoms with Crippen LogP contribution in [0, 0.1) is 5.92 Å². The van der Waals surface area contributed by atoms with Gasteiger partial charge in [0.25, 0.3) is 0 Å². The van der Waals surface area contributed by atoms with E-state index in [0.717, 1.165) is 17.7 Å². The Labute approximate surface area is 156 Å². The Morgan fingerprint density at radius 2 is 1.96 bits per heavy atom. The lowest BCUT2D eigenvalue weighted by atomic mass is 9.85. The zero-order valence-corrected chi connectivity index (χ0v) is 16.4. The highest BCUT2D eigenvalue weighted by molar-refractivity contribution is 5.82. The van der Waals surface area contributed by atoms with E-state index < -0.39 is 0 Å². The first kappa shape index (κ1) is 19.0. The van der Waals surface area contributed by atoms with Crippen molar-refractivity contribution in [1.29, 1.82) is 0 Å². The van der Waals surface area contributed by atoms with Crippen molar-refractivity contribution in [2.24, 2.45) is 5.92 Å². The molecule has 26 heavy (non-hydrogen) atoms. The highest BCUT2D eigenvalue weighted by atomic mass is 16.5. The zero-order valence-electron chi connectivity index (χ0n) is 16.4. The van der Waals surface area contributed by atoms with Gasteiger partial charge in [0.15, 0.2) is 11.5 Å². The van der Waals surface area contributed by atoms with Crippen LogP contribution >= 0.6 is 0 Å². The molecule has 4 atom stereocenters. The van der Waals surface area contributed by atoms with Gasteiger partial charge in [0.2, 0.25) is 5.91 Å². The molecule has 144 valence electrons. The standard InChI is InChI=1S/C21H32N2O3/c1-13(2)26-19-10-9-15(12-20(19)25-4)14(3)22-21(24)18-11-16-7-5-6-8-17(16)23-18/h9-10,12-14,16-18,23H,5-8,11H2,1-4H3,(H,22,24). The molecule has 5 nitrogen and oxygen atoms in total. The minimum absolute atomic E-state index is 0.0593. The highest BCUT2D eigenvalue weighted by Crippen LogP contribution is 2.34. The molecule has 3 rings (SSSR count). The van der Waals surface area contributed by atoms with E-state index in [1.807, 2.05) is 39.0 Å². The van der Waals surface area contributed by atoms with Crippen molar-refractivity contribution in [3.63, 3.8) is 0 Å². The van der Waals surface area contributed by atoms with Gasteiger partial charge in [0, 0.05) is 6.04 Å². The van der Waals surface area contributed by atoms with E-state index in [-0.39, 0.29) is 24.1 Å². The molecule has 0 radical (unpaired) electrons. The molecule has 1 amide bonds. The van der Waals surface area contributed by atoms with E-state index in [1.54, 1.807) is 7.11 Å². The van der Waals surface area contributed by atoms with Crippen molar-refractivity contribution in [1.82, 2.24) is 10.6 Å². The summed E-state index contributed by atoms with van der Waals surface area (Å²) in [6, 6.07) is 6.25. The second-order valence-corrected chi connectivity index (χ2v) is 7.91. The fourth-order valence-corrected chi connectivity index (χ4v) is 4.22. The smallest absolute Gasteiger partial charge is 0.237 e. The first-order valence-corrected chi connectivity index (χ1v) is 9.89. The van der Waals surface area contributed by atoms with Gasteiger partial charge in [-0.15, -0.1) is 0 Å². The normalized spacial score (nSPS) is 26.3. The second-order valence-electron chi connectivity index (χ2n) is 7.91. The van der Waals surface area contributed by atoms with Gasteiger partial charge < -0.3 is 20.1 Å². The summed E-state index contributed by atoms with van der Waals surface area (Å²) in [5.41, 5.74) is 1.02. The molecule has 0 aromatic heterocycles. The van der Waals surface area contributed by atoms with Crippen molar-refractivity contribution in [3.8, 4) is 11.5 Å². The quantitative estimate of drug-likeness (QED) is 0.814. The average Bonchev–Trinajstić information content (AvgIpc) is 3.05.